The van der Waals surface area contributed by atoms with E-state index >= 15 is 0 Å². The molecular weight excluding hydrogens is 280 g/mol. The summed E-state index contributed by atoms with van der Waals surface area (Å²) in [4.78, 5) is 11.5. The zero-order valence-corrected chi connectivity index (χ0v) is 12.3. The van der Waals surface area contributed by atoms with E-state index in [1.165, 1.54) is 0 Å². The van der Waals surface area contributed by atoms with Gasteiger partial charge in [0.2, 0.25) is 0 Å². The molecule has 1 saturated carbocycles. The molecule has 0 saturated heterocycles. The standard InChI is InChI=1S/C15H19F2NO3/c1-15(2,3)21-14(19)18-11-7-13(8-11)20-12-5-9(16)4-10(17)6-12/h4-6,11,13H,7-8H2,1-3H3,(H,18,19). The van der Waals surface area contributed by atoms with E-state index in [9.17, 15) is 13.6 Å². The minimum absolute atomic E-state index is 0.0387. The third-order valence-corrected chi connectivity index (χ3v) is 2.95. The van der Waals surface area contributed by atoms with Crippen LogP contribution in [0.5, 0.6) is 5.75 Å². The summed E-state index contributed by atoms with van der Waals surface area (Å²) in [6, 6.07) is 3.03. The monoisotopic (exact) mass is 299 g/mol. The van der Waals surface area contributed by atoms with Gasteiger partial charge in [0.05, 0.1) is 0 Å². The lowest BCUT2D eigenvalue weighted by atomic mass is 9.89. The lowest BCUT2D eigenvalue weighted by Crippen LogP contribution is -2.50. The molecule has 21 heavy (non-hydrogen) atoms. The Labute approximate surface area is 122 Å². The minimum atomic E-state index is -0.673. The maximum absolute atomic E-state index is 13.0. The molecule has 0 aromatic heterocycles. The van der Waals surface area contributed by atoms with Crippen LogP contribution in [0.2, 0.25) is 0 Å². The van der Waals surface area contributed by atoms with Gasteiger partial charge in [0.25, 0.3) is 0 Å². The molecule has 1 fully saturated rings. The number of rotatable bonds is 3. The van der Waals surface area contributed by atoms with Crippen molar-refractivity contribution in [1.29, 1.82) is 0 Å². The molecule has 116 valence electrons. The first-order chi connectivity index (χ1) is 9.71. The van der Waals surface area contributed by atoms with Crippen LogP contribution in [0.1, 0.15) is 33.6 Å². The first-order valence-corrected chi connectivity index (χ1v) is 6.83. The Morgan fingerprint density at radius 2 is 1.76 bits per heavy atom. The van der Waals surface area contributed by atoms with Crippen LogP contribution in [-0.2, 0) is 4.74 Å². The molecule has 4 nitrogen and oxygen atoms in total. The summed E-state index contributed by atoms with van der Waals surface area (Å²) in [7, 11) is 0. The highest BCUT2D eigenvalue weighted by Crippen LogP contribution is 2.27. The number of hydrogen-bond donors (Lipinski definition) is 1. The van der Waals surface area contributed by atoms with Crippen molar-refractivity contribution >= 4 is 6.09 Å². The molecule has 0 aliphatic heterocycles. The molecule has 0 unspecified atom stereocenters. The number of benzene rings is 1. The molecule has 2 rings (SSSR count). The molecule has 1 N–H and O–H groups in total. The number of carbonyl (C=O) groups excluding carboxylic acids is 1. The Kier molecular flexibility index (Phi) is 4.34. The first-order valence-electron chi connectivity index (χ1n) is 6.83. The van der Waals surface area contributed by atoms with E-state index in [4.69, 9.17) is 9.47 Å². The maximum Gasteiger partial charge on any atom is 0.407 e. The Bertz CT molecular complexity index is 502. The lowest BCUT2D eigenvalue weighted by Gasteiger charge is -2.36. The molecule has 1 aromatic carbocycles. The number of amides is 1. The van der Waals surface area contributed by atoms with Gasteiger partial charge in [-0.15, -0.1) is 0 Å². The van der Waals surface area contributed by atoms with Crippen molar-refractivity contribution in [2.24, 2.45) is 0 Å². The molecule has 0 atom stereocenters. The fourth-order valence-electron chi connectivity index (χ4n) is 2.04. The van der Waals surface area contributed by atoms with Crippen molar-refractivity contribution in [2.75, 3.05) is 0 Å². The van der Waals surface area contributed by atoms with Gasteiger partial charge in [-0.05, 0) is 20.8 Å². The van der Waals surface area contributed by atoms with E-state index < -0.39 is 23.3 Å². The molecule has 6 heteroatoms. The van der Waals surface area contributed by atoms with Gasteiger partial charge in [-0.1, -0.05) is 0 Å². The summed E-state index contributed by atoms with van der Waals surface area (Å²) in [5, 5.41) is 2.72. The van der Waals surface area contributed by atoms with Gasteiger partial charge in [0.1, 0.15) is 29.1 Å². The Morgan fingerprint density at radius 3 is 2.29 bits per heavy atom. The highest BCUT2D eigenvalue weighted by molar-refractivity contribution is 5.68. The number of halogens is 2. The SMILES string of the molecule is CC(C)(C)OC(=O)NC1CC(Oc2cc(F)cc(F)c2)C1. The zero-order valence-electron chi connectivity index (χ0n) is 12.3. The minimum Gasteiger partial charge on any atom is -0.490 e. The van der Waals surface area contributed by atoms with Crippen molar-refractivity contribution in [3.8, 4) is 5.75 Å². The number of nitrogens with one attached hydrogen (secondary N) is 1. The summed E-state index contributed by atoms with van der Waals surface area (Å²) in [6.07, 6.45) is 0.531. The Hall–Kier alpha value is -1.85. The molecule has 0 spiro atoms. The van der Waals surface area contributed by atoms with Crippen molar-refractivity contribution in [3.05, 3.63) is 29.8 Å². The Morgan fingerprint density at radius 1 is 1.19 bits per heavy atom. The van der Waals surface area contributed by atoms with Gasteiger partial charge < -0.3 is 14.8 Å². The summed E-state index contributed by atoms with van der Waals surface area (Å²) in [6.45, 7) is 5.37. The molecule has 0 radical (unpaired) electrons. The average molecular weight is 299 g/mol. The van der Waals surface area contributed by atoms with Crippen LogP contribution in [0.15, 0.2) is 18.2 Å². The van der Waals surface area contributed by atoms with Gasteiger partial charge in [-0.25, -0.2) is 13.6 Å². The topological polar surface area (TPSA) is 47.6 Å². The van der Waals surface area contributed by atoms with Crippen LogP contribution < -0.4 is 10.1 Å². The van der Waals surface area contributed by atoms with E-state index in [1.807, 2.05) is 0 Å². The zero-order chi connectivity index (χ0) is 15.6. The second-order valence-corrected chi connectivity index (χ2v) is 6.16. The molecule has 0 bridgehead atoms. The third-order valence-electron chi connectivity index (χ3n) is 2.95. The average Bonchev–Trinajstić information content (AvgIpc) is 2.21. The van der Waals surface area contributed by atoms with Crippen LogP contribution in [0.3, 0.4) is 0 Å². The predicted octanol–water partition coefficient (Wildman–Crippen LogP) is 3.40. The highest BCUT2D eigenvalue weighted by Gasteiger charge is 2.33. The van der Waals surface area contributed by atoms with E-state index in [2.05, 4.69) is 5.32 Å². The number of ether oxygens (including phenoxy) is 2. The van der Waals surface area contributed by atoms with Crippen LogP contribution >= 0.6 is 0 Å². The summed E-state index contributed by atoms with van der Waals surface area (Å²) >= 11 is 0. The highest BCUT2D eigenvalue weighted by atomic mass is 19.1. The first kappa shape index (κ1) is 15.5. The van der Waals surface area contributed by atoms with E-state index in [1.54, 1.807) is 20.8 Å². The van der Waals surface area contributed by atoms with E-state index in [-0.39, 0.29) is 17.9 Å². The van der Waals surface area contributed by atoms with Crippen molar-refractivity contribution in [1.82, 2.24) is 5.32 Å². The van der Waals surface area contributed by atoms with Gasteiger partial charge in [0.15, 0.2) is 0 Å². The second kappa shape index (κ2) is 5.87. The largest absolute Gasteiger partial charge is 0.490 e. The van der Waals surface area contributed by atoms with Crippen LogP contribution in [0.25, 0.3) is 0 Å². The smallest absolute Gasteiger partial charge is 0.407 e. The molecule has 1 amide bonds. The molecule has 0 heterocycles. The van der Waals surface area contributed by atoms with Crippen molar-refractivity contribution in [3.63, 3.8) is 0 Å². The quantitative estimate of drug-likeness (QED) is 0.930. The predicted molar refractivity (Wildman–Crippen MR) is 73.2 cm³/mol. The summed E-state index contributed by atoms with van der Waals surface area (Å²) < 4.78 is 36.6. The van der Waals surface area contributed by atoms with Crippen molar-refractivity contribution in [2.45, 2.75) is 51.4 Å². The summed E-state index contributed by atoms with van der Waals surface area (Å²) in [5.74, 6) is -1.19. The van der Waals surface area contributed by atoms with Crippen LogP contribution in [0, 0.1) is 11.6 Å². The summed E-state index contributed by atoms with van der Waals surface area (Å²) in [5.41, 5.74) is -0.539. The van der Waals surface area contributed by atoms with Crippen molar-refractivity contribution < 1.29 is 23.0 Å². The molecule has 1 aromatic rings. The molecular formula is C15H19F2NO3. The fraction of sp³-hybridized carbons (Fsp3) is 0.533. The molecule has 1 aliphatic carbocycles. The lowest BCUT2D eigenvalue weighted by molar-refractivity contribution is 0.0362. The molecule has 1 aliphatic rings. The van der Waals surface area contributed by atoms with Gasteiger partial charge in [-0.2, -0.15) is 0 Å². The number of alkyl carbamates (subject to hydrolysis) is 1. The van der Waals surface area contributed by atoms with Gasteiger partial charge in [-0.3, -0.25) is 0 Å². The fourth-order valence-corrected chi connectivity index (χ4v) is 2.04. The van der Waals surface area contributed by atoms with Crippen LogP contribution in [0.4, 0.5) is 13.6 Å². The maximum atomic E-state index is 13.0. The van der Waals surface area contributed by atoms with Gasteiger partial charge in [0, 0.05) is 37.1 Å². The van der Waals surface area contributed by atoms with Gasteiger partial charge >= 0.3 is 6.09 Å². The normalized spacial score (nSPS) is 21.4. The van der Waals surface area contributed by atoms with Crippen LogP contribution in [-0.4, -0.2) is 23.8 Å². The third kappa shape index (κ3) is 4.88. The van der Waals surface area contributed by atoms with E-state index in [0.29, 0.717) is 12.8 Å². The second-order valence-electron chi connectivity index (χ2n) is 6.16. The number of carbonyl (C=O) groups is 1. The van der Waals surface area contributed by atoms with E-state index in [0.717, 1.165) is 18.2 Å². The number of hydrogen-bond acceptors (Lipinski definition) is 3. The Balaban J connectivity index is 1.75.